The van der Waals surface area contributed by atoms with Gasteiger partial charge in [0.1, 0.15) is 0 Å². The number of carbonyl (C=O) groups is 1. The number of Topliss-reactive ketones (excluding diaryl/α,β-unsaturated/α-hetero) is 1. The number of hydrogen-bond donors (Lipinski definition) is 0. The summed E-state index contributed by atoms with van der Waals surface area (Å²) in [5.41, 5.74) is 3.17. The smallest absolute Gasteiger partial charge is 0.187 e. The van der Waals surface area contributed by atoms with E-state index in [0.717, 1.165) is 22.5 Å². The molecule has 0 unspecified atom stereocenters. The van der Waals surface area contributed by atoms with Crippen LogP contribution in [0.25, 0.3) is 12.2 Å². The average molecular weight is 319 g/mol. The van der Waals surface area contributed by atoms with E-state index in [9.17, 15) is 4.79 Å². The minimum absolute atomic E-state index is 0.0863. The highest BCUT2D eigenvalue weighted by Gasteiger charge is 2.27. The Bertz CT molecular complexity index is 702. The van der Waals surface area contributed by atoms with Gasteiger partial charge in [-0.15, -0.1) is 0 Å². The fourth-order valence-corrected chi connectivity index (χ4v) is 2.71. The van der Waals surface area contributed by atoms with Crippen LogP contribution < -0.4 is 0 Å². The molecule has 0 radical (unpaired) electrons. The molecule has 3 heterocycles. The van der Waals surface area contributed by atoms with Crippen LogP contribution >= 0.6 is 0 Å². The Balaban J connectivity index is 1.96. The van der Waals surface area contributed by atoms with Crippen molar-refractivity contribution >= 4 is 17.9 Å². The van der Waals surface area contributed by atoms with Gasteiger partial charge in [0.15, 0.2) is 5.78 Å². The molecule has 2 aromatic heterocycles. The zero-order valence-corrected chi connectivity index (χ0v) is 14.0. The second-order valence-electron chi connectivity index (χ2n) is 6.18. The van der Waals surface area contributed by atoms with Gasteiger partial charge < -0.3 is 0 Å². The van der Waals surface area contributed by atoms with Gasteiger partial charge >= 0.3 is 0 Å². The maximum atomic E-state index is 12.9. The van der Waals surface area contributed by atoms with Gasteiger partial charge in [0.05, 0.1) is 11.4 Å². The number of piperidine rings is 1. The Hall–Kier alpha value is -2.59. The average Bonchev–Trinajstić information content (AvgIpc) is 2.60. The van der Waals surface area contributed by atoms with Crippen molar-refractivity contribution in [3.63, 3.8) is 0 Å². The third kappa shape index (κ3) is 3.84. The highest BCUT2D eigenvalue weighted by Crippen LogP contribution is 2.22. The highest BCUT2D eigenvalue weighted by atomic mass is 16.1. The van der Waals surface area contributed by atoms with Crippen LogP contribution in [0.5, 0.6) is 0 Å². The van der Waals surface area contributed by atoms with Crippen LogP contribution in [0.1, 0.15) is 25.2 Å². The first kappa shape index (κ1) is 16.3. The number of nitrogens with zero attached hydrogens (tertiary/aromatic N) is 3. The van der Waals surface area contributed by atoms with Crippen LogP contribution in [-0.2, 0) is 4.79 Å². The zero-order chi connectivity index (χ0) is 16.9. The second-order valence-corrected chi connectivity index (χ2v) is 6.18. The van der Waals surface area contributed by atoms with Gasteiger partial charge in [-0.3, -0.25) is 19.7 Å². The standard InChI is InChI=1S/C20H21N3O/c1-15(2)23-13-16(11-18-7-3-5-9-21-18)20(24)17(14-23)12-19-8-4-6-10-22-19/h3-12,15H,13-14H2,1-2H3/b16-11+,17-12+. The summed E-state index contributed by atoms with van der Waals surface area (Å²) < 4.78 is 0. The van der Waals surface area contributed by atoms with Gasteiger partial charge in [0.2, 0.25) is 0 Å². The predicted octanol–water partition coefficient (Wildman–Crippen LogP) is 3.24. The summed E-state index contributed by atoms with van der Waals surface area (Å²) in [4.78, 5) is 23.8. The van der Waals surface area contributed by atoms with Crippen molar-refractivity contribution in [2.45, 2.75) is 19.9 Å². The minimum atomic E-state index is 0.0863. The number of hydrogen-bond acceptors (Lipinski definition) is 4. The fraction of sp³-hybridized carbons (Fsp3) is 0.250. The van der Waals surface area contributed by atoms with Crippen LogP contribution in [0.15, 0.2) is 59.9 Å². The van der Waals surface area contributed by atoms with E-state index >= 15 is 0 Å². The van der Waals surface area contributed by atoms with Crippen molar-refractivity contribution in [1.82, 2.24) is 14.9 Å². The molecule has 4 heteroatoms. The molecule has 1 aliphatic heterocycles. The summed E-state index contributed by atoms with van der Waals surface area (Å²) in [6.07, 6.45) is 7.27. The topological polar surface area (TPSA) is 46.1 Å². The van der Waals surface area contributed by atoms with Crippen molar-refractivity contribution in [1.29, 1.82) is 0 Å². The van der Waals surface area contributed by atoms with Crippen LogP contribution in [0.2, 0.25) is 0 Å². The molecule has 1 aliphatic rings. The maximum Gasteiger partial charge on any atom is 0.187 e. The van der Waals surface area contributed by atoms with E-state index in [-0.39, 0.29) is 5.78 Å². The molecule has 0 amide bonds. The Morgan fingerprint density at radius 3 is 1.79 bits per heavy atom. The lowest BCUT2D eigenvalue weighted by Gasteiger charge is -2.32. The second kappa shape index (κ2) is 7.32. The third-order valence-electron chi connectivity index (χ3n) is 4.08. The molecule has 0 atom stereocenters. The van der Waals surface area contributed by atoms with Crippen molar-refractivity contribution in [3.8, 4) is 0 Å². The molecular weight excluding hydrogens is 298 g/mol. The highest BCUT2D eigenvalue weighted by molar-refractivity contribution is 6.14. The van der Waals surface area contributed by atoms with Gasteiger partial charge in [-0.2, -0.15) is 0 Å². The molecule has 0 N–H and O–H groups in total. The first-order chi connectivity index (χ1) is 11.6. The SMILES string of the molecule is CC(C)N1C/C(=C\c2ccccn2)C(=O)/C(=C/c2ccccn2)C1. The first-order valence-corrected chi connectivity index (χ1v) is 8.15. The third-order valence-corrected chi connectivity index (χ3v) is 4.08. The molecule has 2 aromatic rings. The van der Waals surface area contributed by atoms with Gasteiger partial charge in [-0.05, 0) is 50.3 Å². The lowest BCUT2D eigenvalue weighted by molar-refractivity contribution is -0.113. The summed E-state index contributed by atoms with van der Waals surface area (Å²) in [5.74, 6) is 0.0863. The van der Waals surface area contributed by atoms with E-state index in [1.165, 1.54) is 0 Å². The van der Waals surface area contributed by atoms with E-state index in [0.29, 0.717) is 19.1 Å². The van der Waals surface area contributed by atoms with Crippen molar-refractivity contribution in [3.05, 3.63) is 71.3 Å². The van der Waals surface area contributed by atoms with E-state index in [1.54, 1.807) is 12.4 Å². The molecule has 24 heavy (non-hydrogen) atoms. The van der Waals surface area contributed by atoms with Crippen molar-refractivity contribution in [2.24, 2.45) is 0 Å². The predicted molar refractivity (Wildman–Crippen MR) is 96.1 cm³/mol. The fourth-order valence-electron chi connectivity index (χ4n) is 2.71. The Labute approximate surface area is 142 Å². The van der Waals surface area contributed by atoms with Gasteiger partial charge in [-0.25, -0.2) is 0 Å². The number of ketones is 1. The largest absolute Gasteiger partial charge is 0.292 e. The maximum absolute atomic E-state index is 12.9. The summed E-state index contributed by atoms with van der Waals surface area (Å²) in [6.45, 7) is 5.58. The summed E-state index contributed by atoms with van der Waals surface area (Å²) in [6, 6.07) is 11.8. The van der Waals surface area contributed by atoms with Gasteiger partial charge in [-0.1, -0.05) is 12.1 Å². The summed E-state index contributed by atoms with van der Waals surface area (Å²) >= 11 is 0. The number of pyridine rings is 2. The molecule has 0 spiro atoms. The monoisotopic (exact) mass is 319 g/mol. The molecule has 3 rings (SSSR count). The van der Waals surface area contributed by atoms with Crippen LogP contribution in [0, 0.1) is 0 Å². The molecule has 0 bridgehead atoms. The molecule has 0 aromatic carbocycles. The lowest BCUT2D eigenvalue weighted by atomic mass is 9.95. The lowest BCUT2D eigenvalue weighted by Crippen LogP contribution is -2.41. The normalized spacial score (nSPS) is 19.4. The number of likely N-dealkylation sites (tertiary alicyclic amines) is 1. The zero-order valence-electron chi connectivity index (χ0n) is 14.0. The first-order valence-electron chi connectivity index (χ1n) is 8.15. The van der Waals surface area contributed by atoms with Crippen LogP contribution in [0.4, 0.5) is 0 Å². The van der Waals surface area contributed by atoms with Crippen molar-refractivity contribution in [2.75, 3.05) is 13.1 Å². The Morgan fingerprint density at radius 1 is 0.917 bits per heavy atom. The van der Waals surface area contributed by atoms with E-state index in [4.69, 9.17) is 0 Å². The van der Waals surface area contributed by atoms with Gasteiger partial charge in [0, 0.05) is 42.7 Å². The van der Waals surface area contributed by atoms with Gasteiger partial charge in [0.25, 0.3) is 0 Å². The quantitative estimate of drug-likeness (QED) is 0.815. The van der Waals surface area contributed by atoms with Crippen LogP contribution in [-0.4, -0.2) is 39.8 Å². The van der Waals surface area contributed by atoms with E-state index in [2.05, 4.69) is 28.7 Å². The summed E-state index contributed by atoms with van der Waals surface area (Å²) in [7, 11) is 0. The Morgan fingerprint density at radius 2 is 1.42 bits per heavy atom. The molecule has 1 fully saturated rings. The van der Waals surface area contributed by atoms with E-state index < -0.39 is 0 Å². The number of rotatable bonds is 3. The Kier molecular flexibility index (Phi) is 4.96. The summed E-state index contributed by atoms with van der Waals surface area (Å²) in [5, 5.41) is 0. The molecule has 0 saturated carbocycles. The molecule has 1 saturated heterocycles. The molecule has 122 valence electrons. The van der Waals surface area contributed by atoms with E-state index in [1.807, 2.05) is 48.6 Å². The van der Waals surface area contributed by atoms with Crippen LogP contribution in [0.3, 0.4) is 0 Å². The number of carbonyl (C=O) groups excluding carboxylic acids is 1. The van der Waals surface area contributed by atoms with Crippen molar-refractivity contribution < 1.29 is 4.79 Å². The molecular formula is C20H21N3O. The minimum Gasteiger partial charge on any atom is -0.292 e. The molecule has 0 aliphatic carbocycles. The molecule has 4 nitrogen and oxygen atoms in total. The number of aromatic nitrogens is 2.